The van der Waals surface area contributed by atoms with Crippen molar-refractivity contribution in [1.82, 2.24) is 14.5 Å². The molecular weight excluding hydrogens is 514 g/mol. The molecule has 9 heteroatoms. The number of methoxy groups -OCH3 is 1. The molecule has 4 rings (SSSR count). The van der Waals surface area contributed by atoms with Gasteiger partial charge in [0.15, 0.2) is 4.90 Å². The molecule has 1 atom stereocenters. The molecule has 0 unspecified atom stereocenters. The standard InChI is InChI=1S/C30H33N3O5S/c1-5-7-13-27-32-29(34)28(30(35)33(27)26(6-2)22-10-8-11-23(19-22)38-4)39(36,37)24-16-14-21(15-17-24)25-12-9-18-31-20(25)3/h8-12,14-19,26,35H,5-7,13H2,1-4H3/t26-/m0/s1. The summed E-state index contributed by atoms with van der Waals surface area (Å²) in [5, 5.41) is 11.5. The molecule has 4 aromatic rings. The van der Waals surface area contributed by atoms with Crippen molar-refractivity contribution in [3.63, 3.8) is 0 Å². The molecule has 0 bridgehead atoms. The predicted molar refractivity (Wildman–Crippen MR) is 150 cm³/mol. The van der Waals surface area contributed by atoms with Gasteiger partial charge in [0.2, 0.25) is 15.7 Å². The van der Waals surface area contributed by atoms with E-state index >= 15 is 0 Å². The molecule has 8 nitrogen and oxygen atoms in total. The number of sulfone groups is 1. The van der Waals surface area contributed by atoms with Crippen molar-refractivity contribution in [2.75, 3.05) is 7.11 Å². The lowest BCUT2D eigenvalue weighted by Gasteiger charge is -2.25. The summed E-state index contributed by atoms with van der Waals surface area (Å²) in [4.78, 5) is 20.8. The van der Waals surface area contributed by atoms with Gasteiger partial charge in [0, 0.05) is 23.9 Å². The Balaban J connectivity index is 1.87. The molecule has 0 saturated carbocycles. The van der Waals surface area contributed by atoms with Crippen LogP contribution in [0, 0.1) is 6.92 Å². The minimum absolute atomic E-state index is 0.107. The average Bonchev–Trinajstić information content (AvgIpc) is 2.94. The molecule has 0 spiro atoms. The quantitative estimate of drug-likeness (QED) is 0.279. The van der Waals surface area contributed by atoms with Gasteiger partial charge in [0.25, 0.3) is 5.56 Å². The summed E-state index contributed by atoms with van der Waals surface area (Å²) in [7, 11) is -2.83. The highest BCUT2D eigenvalue weighted by molar-refractivity contribution is 7.91. The third kappa shape index (κ3) is 5.59. The number of aryl methyl sites for hydroxylation is 2. The van der Waals surface area contributed by atoms with Crippen molar-refractivity contribution in [1.29, 1.82) is 0 Å². The van der Waals surface area contributed by atoms with E-state index < -0.39 is 32.2 Å². The van der Waals surface area contributed by atoms with Crippen molar-refractivity contribution in [2.45, 2.75) is 62.3 Å². The molecule has 0 fully saturated rings. The van der Waals surface area contributed by atoms with Gasteiger partial charge in [-0.3, -0.25) is 14.3 Å². The van der Waals surface area contributed by atoms with E-state index in [-0.39, 0.29) is 4.90 Å². The van der Waals surface area contributed by atoms with Gasteiger partial charge in [0.05, 0.1) is 18.0 Å². The minimum Gasteiger partial charge on any atom is -0.497 e. The smallest absolute Gasteiger partial charge is 0.296 e. The number of ether oxygens (including phenoxy) is 1. The summed E-state index contributed by atoms with van der Waals surface area (Å²) in [5.41, 5.74) is 2.30. The summed E-state index contributed by atoms with van der Waals surface area (Å²) in [6.45, 7) is 5.81. The second-order valence-electron chi connectivity index (χ2n) is 9.32. The van der Waals surface area contributed by atoms with Crippen molar-refractivity contribution >= 4 is 9.84 Å². The van der Waals surface area contributed by atoms with Crippen LogP contribution in [0.5, 0.6) is 11.6 Å². The lowest BCUT2D eigenvalue weighted by molar-refractivity contribution is 0.357. The van der Waals surface area contributed by atoms with Crippen LogP contribution >= 0.6 is 0 Å². The van der Waals surface area contributed by atoms with Gasteiger partial charge in [-0.1, -0.05) is 50.6 Å². The van der Waals surface area contributed by atoms with E-state index in [4.69, 9.17) is 4.74 Å². The third-order valence-corrected chi connectivity index (χ3v) is 8.60. The molecular formula is C30H33N3O5S. The molecule has 2 heterocycles. The van der Waals surface area contributed by atoms with Crippen LogP contribution in [0.4, 0.5) is 0 Å². The number of unbranched alkanes of at least 4 members (excludes halogenated alkanes) is 1. The normalized spacial score (nSPS) is 12.3. The van der Waals surface area contributed by atoms with Crippen molar-refractivity contribution in [3.8, 4) is 22.8 Å². The third-order valence-electron chi connectivity index (χ3n) is 6.82. The summed E-state index contributed by atoms with van der Waals surface area (Å²) in [6.07, 6.45) is 4.19. The second-order valence-corrected chi connectivity index (χ2v) is 11.2. The highest BCUT2D eigenvalue weighted by Gasteiger charge is 2.32. The fourth-order valence-corrected chi connectivity index (χ4v) is 6.10. The first-order valence-electron chi connectivity index (χ1n) is 13.0. The Hall–Kier alpha value is -3.98. The van der Waals surface area contributed by atoms with E-state index in [0.717, 1.165) is 35.2 Å². The molecule has 0 radical (unpaired) electrons. The highest BCUT2D eigenvalue weighted by Crippen LogP contribution is 2.35. The van der Waals surface area contributed by atoms with Crippen LogP contribution in [0.15, 0.2) is 81.4 Å². The summed E-state index contributed by atoms with van der Waals surface area (Å²) in [6, 6.07) is 16.8. The monoisotopic (exact) mass is 547 g/mol. The number of hydrogen-bond acceptors (Lipinski definition) is 7. The molecule has 204 valence electrons. The maximum Gasteiger partial charge on any atom is 0.296 e. The molecule has 39 heavy (non-hydrogen) atoms. The Labute approximate surface area is 228 Å². The first-order valence-corrected chi connectivity index (χ1v) is 14.5. The molecule has 2 aromatic carbocycles. The van der Waals surface area contributed by atoms with Gasteiger partial charge in [-0.05, 0) is 61.2 Å². The molecule has 0 aliphatic rings. The van der Waals surface area contributed by atoms with Crippen LogP contribution < -0.4 is 10.3 Å². The van der Waals surface area contributed by atoms with Crippen LogP contribution in [0.2, 0.25) is 0 Å². The second kappa shape index (κ2) is 11.8. The van der Waals surface area contributed by atoms with Crippen molar-refractivity contribution in [2.24, 2.45) is 0 Å². The number of nitrogens with zero attached hydrogens (tertiary/aromatic N) is 3. The van der Waals surface area contributed by atoms with E-state index in [0.29, 0.717) is 24.4 Å². The zero-order valence-electron chi connectivity index (χ0n) is 22.6. The van der Waals surface area contributed by atoms with Crippen LogP contribution in [-0.4, -0.2) is 35.2 Å². The Morgan fingerprint density at radius 2 is 1.79 bits per heavy atom. The zero-order chi connectivity index (χ0) is 28.2. The van der Waals surface area contributed by atoms with E-state index in [1.54, 1.807) is 25.4 Å². The van der Waals surface area contributed by atoms with Crippen LogP contribution in [0.1, 0.15) is 56.2 Å². The molecule has 0 saturated heterocycles. The molecule has 2 aromatic heterocycles. The predicted octanol–water partition coefficient (Wildman–Crippen LogP) is 5.50. The van der Waals surface area contributed by atoms with Gasteiger partial charge in [-0.2, -0.15) is 4.98 Å². The summed E-state index contributed by atoms with van der Waals surface area (Å²) < 4.78 is 34.4. The molecule has 0 amide bonds. The Kier molecular flexibility index (Phi) is 8.50. The first kappa shape index (κ1) is 28.0. The largest absolute Gasteiger partial charge is 0.497 e. The zero-order valence-corrected chi connectivity index (χ0v) is 23.4. The molecule has 0 aliphatic heterocycles. The molecule has 1 N–H and O–H groups in total. The van der Waals surface area contributed by atoms with E-state index in [9.17, 15) is 18.3 Å². The Bertz CT molecular complexity index is 1630. The maximum absolute atomic E-state index is 13.8. The fourth-order valence-electron chi connectivity index (χ4n) is 4.76. The van der Waals surface area contributed by atoms with Gasteiger partial charge < -0.3 is 9.84 Å². The summed E-state index contributed by atoms with van der Waals surface area (Å²) >= 11 is 0. The van der Waals surface area contributed by atoms with Gasteiger partial charge in [0.1, 0.15) is 11.6 Å². The molecule has 0 aliphatic carbocycles. The van der Waals surface area contributed by atoms with Gasteiger partial charge in [-0.25, -0.2) is 8.42 Å². The van der Waals surface area contributed by atoms with Gasteiger partial charge in [-0.15, -0.1) is 0 Å². The minimum atomic E-state index is -4.39. The first-order chi connectivity index (χ1) is 18.7. The van der Waals surface area contributed by atoms with Crippen molar-refractivity contribution in [3.05, 3.63) is 94.3 Å². The lowest BCUT2D eigenvalue weighted by Crippen LogP contribution is -2.27. The maximum atomic E-state index is 13.8. The Morgan fingerprint density at radius 1 is 1.05 bits per heavy atom. The Morgan fingerprint density at radius 3 is 2.44 bits per heavy atom. The lowest BCUT2D eigenvalue weighted by atomic mass is 10.0. The van der Waals surface area contributed by atoms with Crippen LogP contribution in [-0.2, 0) is 16.3 Å². The average molecular weight is 548 g/mol. The van der Waals surface area contributed by atoms with Crippen LogP contribution in [0.25, 0.3) is 11.1 Å². The SMILES string of the molecule is CCCCc1nc(=O)c(S(=O)(=O)c2ccc(-c3cccnc3C)cc2)c(O)n1[C@@H](CC)c1cccc(OC)c1. The van der Waals surface area contributed by atoms with Gasteiger partial charge >= 0.3 is 0 Å². The number of hydrogen-bond donors (Lipinski definition) is 1. The fraction of sp³-hybridized carbons (Fsp3) is 0.300. The van der Waals surface area contributed by atoms with Crippen LogP contribution in [0.3, 0.4) is 0 Å². The number of pyridine rings is 1. The topological polar surface area (TPSA) is 111 Å². The van der Waals surface area contributed by atoms with Crippen molar-refractivity contribution < 1.29 is 18.3 Å². The number of aromatic nitrogens is 3. The van der Waals surface area contributed by atoms with E-state index in [2.05, 4.69) is 9.97 Å². The number of benzene rings is 2. The van der Waals surface area contributed by atoms with E-state index in [1.165, 1.54) is 16.7 Å². The summed E-state index contributed by atoms with van der Waals surface area (Å²) in [5.74, 6) is 0.365. The number of rotatable bonds is 10. The van der Waals surface area contributed by atoms with E-state index in [1.807, 2.05) is 57.2 Å². The highest BCUT2D eigenvalue weighted by atomic mass is 32.2. The number of aromatic hydroxyl groups is 1.